The van der Waals surface area contributed by atoms with Crippen molar-refractivity contribution < 1.29 is 19.4 Å². The van der Waals surface area contributed by atoms with Crippen LogP contribution in [-0.2, 0) is 33.6 Å². The summed E-state index contributed by atoms with van der Waals surface area (Å²) in [6.07, 6.45) is 5.03. The van der Waals surface area contributed by atoms with Crippen molar-refractivity contribution in [2.24, 2.45) is 0 Å². The fourth-order valence-electron chi connectivity index (χ4n) is 2.61. The van der Waals surface area contributed by atoms with Gasteiger partial charge in [-0.2, -0.15) is 0 Å². The van der Waals surface area contributed by atoms with Gasteiger partial charge in [-0.1, -0.05) is 24.3 Å². The lowest BCUT2D eigenvalue weighted by molar-refractivity contribution is -0.143. The predicted molar refractivity (Wildman–Crippen MR) is 82.8 cm³/mol. The van der Waals surface area contributed by atoms with Gasteiger partial charge in [0.15, 0.2) is 6.04 Å². The zero-order chi connectivity index (χ0) is 15.9. The minimum Gasteiger partial charge on any atom is -0.480 e. The van der Waals surface area contributed by atoms with Gasteiger partial charge in [-0.25, -0.2) is 4.79 Å². The number of carbonyl (C=O) groups is 2. The lowest BCUT2D eigenvalue weighted by Gasteiger charge is -2.14. The van der Waals surface area contributed by atoms with E-state index in [4.69, 9.17) is 9.84 Å². The van der Waals surface area contributed by atoms with Crippen molar-refractivity contribution in [1.82, 2.24) is 5.32 Å². The van der Waals surface area contributed by atoms with Gasteiger partial charge in [0.2, 0.25) is 5.91 Å². The molecule has 1 aliphatic carbocycles. The molecule has 0 heterocycles. The zero-order valence-corrected chi connectivity index (χ0v) is 12.5. The number of rotatable bonds is 8. The Balaban J connectivity index is 1.90. The van der Waals surface area contributed by atoms with Crippen LogP contribution in [0.25, 0.3) is 0 Å². The highest BCUT2D eigenvalue weighted by Crippen LogP contribution is 2.22. The summed E-state index contributed by atoms with van der Waals surface area (Å²) in [5, 5.41) is 11.6. The third kappa shape index (κ3) is 4.43. The summed E-state index contributed by atoms with van der Waals surface area (Å²) < 4.78 is 5.10. The first-order valence-electron chi connectivity index (χ1n) is 7.41. The molecule has 1 atom stereocenters. The summed E-state index contributed by atoms with van der Waals surface area (Å²) in [7, 11) is 0. The van der Waals surface area contributed by atoms with Crippen molar-refractivity contribution in [2.75, 3.05) is 13.2 Å². The number of nitrogens with one attached hydrogen (secondary N) is 1. The van der Waals surface area contributed by atoms with Gasteiger partial charge in [0.25, 0.3) is 0 Å². The van der Waals surface area contributed by atoms with Crippen LogP contribution in [0.1, 0.15) is 23.1 Å². The van der Waals surface area contributed by atoms with Crippen LogP contribution < -0.4 is 5.32 Å². The largest absolute Gasteiger partial charge is 0.480 e. The van der Waals surface area contributed by atoms with Crippen molar-refractivity contribution in [2.45, 2.75) is 31.7 Å². The van der Waals surface area contributed by atoms with Crippen LogP contribution in [0, 0.1) is 0 Å². The molecule has 22 heavy (non-hydrogen) atoms. The van der Waals surface area contributed by atoms with Gasteiger partial charge in [0, 0.05) is 0 Å². The summed E-state index contributed by atoms with van der Waals surface area (Å²) in [4.78, 5) is 23.1. The molecular weight excluding hydrogens is 282 g/mol. The van der Waals surface area contributed by atoms with Gasteiger partial charge >= 0.3 is 5.97 Å². The van der Waals surface area contributed by atoms with Gasteiger partial charge in [-0.05, 0) is 36.0 Å². The maximum Gasteiger partial charge on any atom is 0.328 e. The van der Waals surface area contributed by atoms with Crippen LogP contribution in [0.3, 0.4) is 0 Å². The van der Waals surface area contributed by atoms with Gasteiger partial charge < -0.3 is 15.2 Å². The lowest BCUT2D eigenvalue weighted by atomic mass is 10.0. The first-order chi connectivity index (χ1) is 10.6. The molecule has 0 fully saturated rings. The average molecular weight is 303 g/mol. The molecule has 1 amide bonds. The van der Waals surface area contributed by atoms with Crippen LogP contribution in [0.5, 0.6) is 0 Å². The van der Waals surface area contributed by atoms with E-state index in [-0.39, 0.29) is 25.5 Å². The van der Waals surface area contributed by atoms with E-state index < -0.39 is 12.0 Å². The summed E-state index contributed by atoms with van der Waals surface area (Å²) in [5.74, 6) is -1.42. The minimum atomic E-state index is -1.11. The quantitative estimate of drug-likeness (QED) is 0.563. The van der Waals surface area contributed by atoms with E-state index in [0.29, 0.717) is 0 Å². The van der Waals surface area contributed by atoms with E-state index in [9.17, 15) is 9.59 Å². The first kappa shape index (κ1) is 16.2. The van der Waals surface area contributed by atoms with Crippen molar-refractivity contribution in [1.29, 1.82) is 0 Å². The smallest absolute Gasteiger partial charge is 0.328 e. The summed E-state index contributed by atoms with van der Waals surface area (Å²) in [6, 6.07) is 5.01. The second-order valence-electron chi connectivity index (χ2n) is 5.42. The Kier molecular flexibility index (Phi) is 5.72. The van der Waals surface area contributed by atoms with Gasteiger partial charge in [-0.15, -0.1) is 6.58 Å². The normalized spacial score (nSPS) is 14.2. The Morgan fingerprint density at radius 1 is 1.36 bits per heavy atom. The number of aliphatic carboxylic acids is 1. The maximum absolute atomic E-state index is 12.0. The number of benzene rings is 1. The van der Waals surface area contributed by atoms with E-state index >= 15 is 0 Å². The van der Waals surface area contributed by atoms with E-state index in [2.05, 4.69) is 18.0 Å². The number of carboxylic acids is 1. The monoisotopic (exact) mass is 303 g/mol. The second-order valence-corrected chi connectivity index (χ2v) is 5.42. The maximum atomic E-state index is 12.0. The Bertz CT molecular complexity index is 568. The summed E-state index contributed by atoms with van der Waals surface area (Å²) >= 11 is 0. The van der Waals surface area contributed by atoms with Crippen molar-refractivity contribution in [3.05, 3.63) is 47.5 Å². The number of ether oxygens (including phenoxy) is 1. The van der Waals surface area contributed by atoms with Gasteiger partial charge in [0.05, 0.1) is 19.6 Å². The van der Waals surface area contributed by atoms with Crippen molar-refractivity contribution in [3.63, 3.8) is 0 Å². The Hall–Kier alpha value is -2.14. The number of carbonyl (C=O) groups excluding carboxylic acids is 1. The van der Waals surface area contributed by atoms with Crippen molar-refractivity contribution in [3.8, 4) is 0 Å². The Morgan fingerprint density at radius 3 is 2.86 bits per heavy atom. The Morgan fingerprint density at radius 2 is 2.14 bits per heavy atom. The van der Waals surface area contributed by atoms with Crippen LogP contribution in [-0.4, -0.2) is 36.2 Å². The highest BCUT2D eigenvalue weighted by Gasteiger charge is 2.20. The number of carboxylic acid groups (broad SMARTS) is 1. The minimum absolute atomic E-state index is 0.0721. The van der Waals surface area contributed by atoms with E-state index in [1.807, 2.05) is 12.1 Å². The average Bonchev–Trinajstić information content (AvgIpc) is 2.93. The number of hydrogen-bond donors (Lipinski definition) is 2. The topological polar surface area (TPSA) is 75.6 Å². The number of fused-ring (bicyclic) bond motifs is 1. The molecule has 1 aromatic rings. The SMILES string of the molecule is C=CCOCC(NC(=O)Cc1ccc2c(c1)CCC2)C(=O)O. The van der Waals surface area contributed by atoms with Gasteiger partial charge in [0.1, 0.15) is 0 Å². The molecule has 5 heteroatoms. The zero-order valence-electron chi connectivity index (χ0n) is 12.5. The molecule has 0 radical (unpaired) electrons. The summed E-state index contributed by atoms with van der Waals surface area (Å²) in [5.41, 5.74) is 3.56. The summed E-state index contributed by atoms with van der Waals surface area (Å²) in [6.45, 7) is 3.67. The van der Waals surface area contributed by atoms with Crippen LogP contribution in [0.15, 0.2) is 30.9 Å². The molecule has 1 aliphatic rings. The molecule has 118 valence electrons. The fourth-order valence-corrected chi connectivity index (χ4v) is 2.61. The molecular formula is C17H21NO4. The number of hydrogen-bond acceptors (Lipinski definition) is 3. The molecule has 5 nitrogen and oxygen atoms in total. The lowest BCUT2D eigenvalue weighted by Crippen LogP contribution is -2.44. The molecule has 0 bridgehead atoms. The third-order valence-corrected chi connectivity index (χ3v) is 3.68. The third-order valence-electron chi connectivity index (χ3n) is 3.68. The number of amides is 1. The second kappa shape index (κ2) is 7.75. The molecule has 0 spiro atoms. The van der Waals surface area contributed by atoms with Crippen LogP contribution in [0.2, 0.25) is 0 Å². The highest BCUT2D eigenvalue weighted by molar-refractivity contribution is 5.85. The van der Waals surface area contributed by atoms with Crippen molar-refractivity contribution >= 4 is 11.9 Å². The molecule has 1 aromatic carbocycles. The fraction of sp³-hybridized carbons (Fsp3) is 0.412. The van der Waals surface area contributed by atoms with Crippen LogP contribution >= 0.6 is 0 Å². The van der Waals surface area contributed by atoms with E-state index in [1.54, 1.807) is 0 Å². The van der Waals surface area contributed by atoms with E-state index in [1.165, 1.54) is 17.2 Å². The Labute approximate surface area is 130 Å². The highest BCUT2D eigenvalue weighted by atomic mass is 16.5. The molecule has 2 N–H and O–H groups in total. The molecule has 0 aliphatic heterocycles. The molecule has 0 saturated heterocycles. The molecule has 2 rings (SSSR count). The van der Waals surface area contributed by atoms with Crippen LogP contribution in [0.4, 0.5) is 0 Å². The molecule has 0 saturated carbocycles. The molecule has 1 unspecified atom stereocenters. The molecule has 0 aromatic heterocycles. The van der Waals surface area contributed by atoms with Gasteiger partial charge in [-0.3, -0.25) is 4.79 Å². The predicted octanol–water partition coefficient (Wildman–Crippen LogP) is 1.49. The first-order valence-corrected chi connectivity index (χ1v) is 7.41. The van der Waals surface area contributed by atoms with E-state index in [0.717, 1.165) is 24.8 Å². The standard InChI is InChI=1S/C17H21NO4/c1-2-8-22-11-15(17(20)21)18-16(19)10-12-6-7-13-4-3-5-14(13)9-12/h2,6-7,9,15H,1,3-5,8,10-11H2,(H,18,19)(H,20,21). The number of aryl methyl sites for hydroxylation is 2.